The fraction of sp³-hybridized carbons (Fsp3) is 0.462. The quantitative estimate of drug-likeness (QED) is 0.749. The van der Waals surface area contributed by atoms with Gasteiger partial charge >= 0.3 is 0 Å². The van der Waals surface area contributed by atoms with Gasteiger partial charge in [-0.1, -0.05) is 23.8 Å². The van der Waals surface area contributed by atoms with Gasteiger partial charge in [0, 0.05) is 6.42 Å². The molecule has 0 fully saturated rings. The fourth-order valence-corrected chi connectivity index (χ4v) is 1.61. The Balaban J connectivity index is 2.71. The maximum Gasteiger partial charge on any atom is 0.151 e. The van der Waals surface area contributed by atoms with Crippen molar-refractivity contribution in [3.05, 3.63) is 34.9 Å². The van der Waals surface area contributed by atoms with Crippen molar-refractivity contribution < 1.29 is 4.79 Å². The molecule has 2 heteroatoms. The van der Waals surface area contributed by atoms with Gasteiger partial charge in [-0.3, -0.25) is 4.79 Å². The number of ketones is 1. The molecule has 0 unspecified atom stereocenters. The van der Waals surface area contributed by atoms with Crippen LogP contribution in [0.1, 0.15) is 16.7 Å². The van der Waals surface area contributed by atoms with Crippen LogP contribution in [0.3, 0.4) is 0 Å². The van der Waals surface area contributed by atoms with Crippen LogP contribution in [-0.2, 0) is 11.2 Å². The molecule has 0 spiro atoms. The van der Waals surface area contributed by atoms with E-state index in [2.05, 4.69) is 32.0 Å². The molecule has 0 heterocycles. The number of benzene rings is 1. The summed E-state index contributed by atoms with van der Waals surface area (Å²) in [5, 5.41) is 0. The first-order chi connectivity index (χ1) is 6.99. The van der Waals surface area contributed by atoms with Crippen LogP contribution in [0.5, 0.6) is 0 Å². The molecule has 0 bridgehead atoms. The Hall–Kier alpha value is -1.15. The topological polar surface area (TPSA) is 20.3 Å². The van der Waals surface area contributed by atoms with E-state index in [1.165, 1.54) is 11.1 Å². The minimum atomic E-state index is 0.272. The van der Waals surface area contributed by atoms with E-state index in [0.717, 1.165) is 5.56 Å². The van der Waals surface area contributed by atoms with E-state index in [4.69, 9.17) is 0 Å². The van der Waals surface area contributed by atoms with Crippen LogP contribution >= 0.6 is 0 Å². The average molecular weight is 205 g/mol. The molecule has 0 aromatic heterocycles. The summed E-state index contributed by atoms with van der Waals surface area (Å²) in [7, 11) is 3.84. The Morgan fingerprint density at radius 3 is 2.53 bits per heavy atom. The van der Waals surface area contributed by atoms with Gasteiger partial charge in [0.15, 0.2) is 5.78 Å². The smallest absolute Gasteiger partial charge is 0.151 e. The lowest BCUT2D eigenvalue weighted by molar-refractivity contribution is -0.119. The predicted molar refractivity (Wildman–Crippen MR) is 63.2 cm³/mol. The molecule has 1 rings (SSSR count). The molecule has 1 aromatic carbocycles. The number of rotatable bonds is 4. The monoisotopic (exact) mass is 205 g/mol. The molecule has 0 saturated heterocycles. The van der Waals surface area contributed by atoms with E-state index in [-0.39, 0.29) is 5.78 Å². The predicted octanol–water partition coefficient (Wildman–Crippen LogP) is 1.98. The van der Waals surface area contributed by atoms with Gasteiger partial charge in [-0.25, -0.2) is 0 Å². The van der Waals surface area contributed by atoms with Crippen LogP contribution in [0.4, 0.5) is 0 Å². The third-order valence-electron chi connectivity index (χ3n) is 2.38. The first kappa shape index (κ1) is 11.9. The second kappa shape index (κ2) is 5.08. The standard InChI is InChI=1S/C13H19NO/c1-10-5-6-11(2)12(7-10)8-13(15)9-14(3)4/h5-7H,8-9H2,1-4H3. The van der Waals surface area contributed by atoms with Crippen LogP contribution in [-0.4, -0.2) is 31.3 Å². The fourth-order valence-electron chi connectivity index (χ4n) is 1.61. The number of hydrogen-bond acceptors (Lipinski definition) is 2. The van der Waals surface area contributed by atoms with Crippen molar-refractivity contribution in [2.75, 3.05) is 20.6 Å². The van der Waals surface area contributed by atoms with Gasteiger partial charge in [-0.2, -0.15) is 0 Å². The van der Waals surface area contributed by atoms with Gasteiger partial charge < -0.3 is 4.90 Å². The number of carbonyl (C=O) groups is 1. The van der Waals surface area contributed by atoms with Crippen LogP contribution in [0.15, 0.2) is 18.2 Å². The molecule has 0 N–H and O–H groups in total. The average Bonchev–Trinajstić information content (AvgIpc) is 2.10. The maximum atomic E-state index is 11.6. The van der Waals surface area contributed by atoms with Crippen LogP contribution < -0.4 is 0 Å². The summed E-state index contributed by atoms with van der Waals surface area (Å²) in [6, 6.07) is 6.26. The number of carbonyl (C=O) groups excluding carboxylic acids is 1. The summed E-state index contributed by atoms with van der Waals surface area (Å²) in [4.78, 5) is 13.6. The summed E-state index contributed by atoms with van der Waals surface area (Å²) in [6.07, 6.45) is 0.547. The highest BCUT2D eigenvalue weighted by atomic mass is 16.1. The third-order valence-corrected chi connectivity index (χ3v) is 2.38. The number of nitrogens with zero attached hydrogens (tertiary/aromatic N) is 1. The molecule has 0 aliphatic carbocycles. The highest BCUT2D eigenvalue weighted by Gasteiger charge is 2.07. The molecule has 2 nitrogen and oxygen atoms in total. The van der Waals surface area contributed by atoms with Crippen molar-refractivity contribution in [3.63, 3.8) is 0 Å². The van der Waals surface area contributed by atoms with E-state index >= 15 is 0 Å². The molecular formula is C13H19NO. The number of Topliss-reactive ketones (excluding diaryl/α,β-unsaturated/α-hetero) is 1. The Kier molecular flexibility index (Phi) is 4.04. The van der Waals surface area contributed by atoms with Gasteiger partial charge in [0.1, 0.15) is 0 Å². The summed E-state index contributed by atoms with van der Waals surface area (Å²) in [5.74, 6) is 0.272. The van der Waals surface area contributed by atoms with Gasteiger partial charge in [0.2, 0.25) is 0 Å². The van der Waals surface area contributed by atoms with Crippen LogP contribution in [0.25, 0.3) is 0 Å². The molecule has 0 saturated carbocycles. The number of hydrogen-bond donors (Lipinski definition) is 0. The molecule has 1 aromatic rings. The first-order valence-electron chi connectivity index (χ1n) is 5.21. The van der Waals surface area contributed by atoms with Crippen LogP contribution in [0, 0.1) is 13.8 Å². The highest BCUT2D eigenvalue weighted by molar-refractivity contribution is 5.83. The number of aryl methyl sites for hydroxylation is 2. The zero-order valence-electron chi connectivity index (χ0n) is 10.0. The van der Waals surface area contributed by atoms with E-state index < -0.39 is 0 Å². The normalized spacial score (nSPS) is 10.7. The summed E-state index contributed by atoms with van der Waals surface area (Å²) >= 11 is 0. The van der Waals surface area contributed by atoms with Crippen molar-refractivity contribution in [1.82, 2.24) is 4.90 Å². The molecule has 0 aliphatic heterocycles. The molecule has 0 amide bonds. The van der Waals surface area contributed by atoms with Crippen molar-refractivity contribution in [2.24, 2.45) is 0 Å². The van der Waals surface area contributed by atoms with E-state index in [9.17, 15) is 4.79 Å². The SMILES string of the molecule is Cc1ccc(C)c(CC(=O)CN(C)C)c1. The van der Waals surface area contributed by atoms with E-state index in [0.29, 0.717) is 13.0 Å². The maximum absolute atomic E-state index is 11.6. The molecular weight excluding hydrogens is 186 g/mol. The Morgan fingerprint density at radius 1 is 1.27 bits per heavy atom. The minimum Gasteiger partial charge on any atom is -0.302 e. The number of likely N-dealkylation sites (N-methyl/N-ethyl adjacent to an activating group) is 1. The Bertz CT molecular complexity index is 356. The molecule has 82 valence electrons. The zero-order valence-corrected chi connectivity index (χ0v) is 10.0. The van der Waals surface area contributed by atoms with E-state index in [1.54, 1.807) is 0 Å². The van der Waals surface area contributed by atoms with Crippen LogP contribution in [0.2, 0.25) is 0 Å². The lowest BCUT2D eigenvalue weighted by Crippen LogP contribution is -2.23. The van der Waals surface area contributed by atoms with E-state index in [1.807, 2.05) is 19.0 Å². The minimum absolute atomic E-state index is 0.272. The lowest BCUT2D eigenvalue weighted by atomic mass is 10.0. The van der Waals surface area contributed by atoms with Crippen molar-refractivity contribution in [1.29, 1.82) is 0 Å². The largest absolute Gasteiger partial charge is 0.302 e. The van der Waals surface area contributed by atoms with Crippen molar-refractivity contribution in [3.8, 4) is 0 Å². The summed E-state index contributed by atoms with van der Waals surface area (Å²) in [6.45, 7) is 4.63. The molecule has 15 heavy (non-hydrogen) atoms. The van der Waals surface area contributed by atoms with Gasteiger partial charge in [0.25, 0.3) is 0 Å². The molecule has 0 radical (unpaired) electrons. The highest BCUT2D eigenvalue weighted by Crippen LogP contribution is 2.11. The van der Waals surface area contributed by atoms with Crippen molar-refractivity contribution >= 4 is 5.78 Å². The van der Waals surface area contributed by atoms with Gasteiger partial charge in [-0.15, -0.1) is 0 Å². The van der Waals surface area contributed by atoms with Gasteiger partial charge in [-0.05, 0) is 39.1 Å². The summed E-state index contributed by atoms with van der Waals surface area (Å²) < 4.78 is 0. The third kappa shape index (κ3) is 3.84. The van der Waals surface area contributed by atoms with Gasteiger partial charge in [0.05, 0.1) is 6.54 Å². The second-order valence-corrected chi connectivity index (χ2v) is 4.38. The zero-order chi connectivity index (χ0) is 11.4. The first-order valence-corrected chi connectivity index (χ1v) is 5.21. The Labute approximate surface area is 91.9 Å². The second-order valence-electron chi connectivity index (χ2n) is 4.38. The van der Waals surface area contributed by atoms with Crippen molar-refractivity contribution in [2.45, 2.75) is 20.3 Å². The molecule has 0 atom stereocenters. The molecule has 0 aliphatic rings. The Morgan fingerprint density at radius 2 is 1.93 bits per heavy atom. The lowest BCUT2D eigenvalue weighted by Gasteiger charge is -2.10. The summed E-state index contributed by atoms with van der Waals surface area (Å²) in [5.41, 5.74) is 3.57.